The summed E-state index contributed by atoms with van der Waals surface area (Å²) in [6, 6.07) is 10.5. The van der Waals surface area contributed by atoms with Gasteiger partial charge in [0.25, 0.3) is 5.91 Å². The van der Waals surface area contributed by atoms with E-state index in [1.165, 1.54) is 9.47 Å². The third-order valence-electron chi connectivity index (χ3n) is 3.85. The minimum absolute atomic E-state index is 0.199. The number of anilines is 1. The largest absolute Gasteiger partial charge is 0.397 e. The van der Waals surface area contributed by atoms with Crippen LogP contribution >= 0.6 is 0 Å². The maximum atomic E-state index is 12.9. The first-order valence-electron chi connectivity index (χ1n) is 7.77. The zero-order chi connectivity index (χ0) is 18.0. The van der Waals surface area contributed by atoms with Crippen LogP contribution in [0.3, 0.4) is 0 Å². The second-order valence-corrected chi connectivity index (χ2v) is 5.86. The molecule has 0 fully saturated rings. The molecule has 3 rings (SSSR count). The Morgan fingerprint density at radius 3 is 2.80 bits per heavy atom. The summed E-state index contributed by atoms with van der Waals surface area (Å²) in [5, 5.41) is 3.63. The molecule has 128 valence electrons. The minimum Gasteiger partial charge on any atom is -0.397 e. The van der Waals surface area contributed by atoms with Crippen LogP contribution in [-0.2, 0) is 6.54 Å². The van der Waals surface area contributed by atoms with Crippen LogP contribution in [0.5, 0.6) is 0 Å². The molecular formula is C18H19N5O2. The molecular weight excluding hydrogens is 318 g/mol. The number of fused-ring (bicyclic) bond motifs is 1. The molecule has 2 heterocycles. The Bertz CT molecular complexity index is 946. The predicted octanol–water partition coefficient (Wildman–Crippen LogP) is 2.08. The highest BCUT2D eigenvalue weighted by Gasteiger charge is 2.14. The summed E-state index contributed by atoms with van der Waals surface area (Å²) in [6.45, 7) is 0.243. The monoisotopic (exact) mass is 337 g/mol. The average Bonchev–Trinajstić information content (AvgIpc) is 3.04. The minimum atomic E-state index is -0.220. The van der Waals surface area contributed by atoms with Gasteiger partial charge in [0.15, 0.2) is 0 Å². The van der Waals surface area contributed by atoms with E-state index in [1.807, 2.05) is 18.2 Å². The van der Waals surface area contributed by atoms with Crippen LogP contribution in [0, 0.1) is 0 Å². The molecule has 7 nitrogen and oxygen atoms in total. The molecule has 2 aromatic heterocycles. The van der Waals surface area contributed by atoms with Crippen molar-refractivity contribution in [1.29, 1.82) is 0 Å². The maximum Gasteiger partial charge on any atom is 0.317 e. The van der Waals surface area contributed by atoms with Crippen molar-refractivity contribution in [2.24, 2.45) is 0 Å². The van der Waals surface area contributed by atoms with Crippen molar-refractivity contribution in [1.82, 2.24) is 19.8 Å². The van der Waals surface area contributed by atoms with Crippen molar-refractivity contribution in [2.45, 2.75) is 6.54 Å². The molecule has 7 heteroatoms. The highest BCUT2D eigenvalue weighted by atomic mass is 16.2. The third-order valence-corrected chi connectivity index (χ3v) is 3.85. The molecule has 25 heavy (non-hydrogen) atoms. The van der Waals surface area contributed by atoms with Gasteiger partial charge in [-0.05, 0) is 24.3 Å². The van der Waals surface area contributed by atoms with E-state index in [-0.39, 0.29) is 18.5 Å². The zero-order valence-corrected chi connectivity index (χ0v) is 14.1. The summed E-state index contributed by atoms with van der Waals surface area (Å²) in [7, 11) is 3.31. The van der Waals surface area contributed by atoms with Crippen LogP contribution < -0.4 is 11.1 Å². The van der Waals surface area contributed by atoms with E-state index in [2.05, 4.69) is 10.3 Å². The van der Waals surface area contributed by atoms with Gasteiger partial charge in [-0.2, -0.15) is 0 Å². The fraction of sp³-hybridized carbons (Fsp3) is 0.167. The molecule has 0 bridgehead atoms. The Hall–Kier alpha value is -3.35. The molecule has 3 N–H and O–H groups in total. The number of nitrogens with two attached hydrogens (primary N) is 1. The summed E-state index contributed by atoms with van der Waals surface area (Å²) < 4.78 is 1.53. The van der Waals surface area contributed by atoms with E-state index >= 15 is 0 Å². The summed E-state index contributed by atoms with van der Waals surface area (Å²) in [5.74, 6) is -0.199. The number of benzene rings is 1. The van der Waals surface area contributed by atoms with Gasteiger partial charge in [-0.1, -0.05) is 12.1 Å². The number of hydrogen-bond acceptors (Lipinski definition) is 4. The van der Waals surface area contributed by atoms with Crippen LogP contribution in [0.4, 0.5) is 10.5 Å². The van der Waals surface area contributed by atoms with Gasteiger partial charge >= 0.3 is 6.03 Å². The van der Waals surface area contributed by atoms with Crippen molar-refractivity contribution < 1.29 is 9.59 Å². The lowest BCUT2D eigenvalue weighted by Crippen LogP contribution is -2.34. The molecule has 0 atom stereocenters. The number of nitrogen functional groups attached to an aromatic ring is 1. The van der Waals surface area contributed by atoms with Gasteiger partial charge in [-0.3, -0.25) is 14.3 Å². The molecule has 0 aliphatic heterocycles. The molecule has 2 amide bonds. The molecule has 0 saturated carbocycles. The first-order valence-corrected chi connectivity index (χ1v) is 7.77. The third kappa shape index (κ3) is 3.30. The summed E-state index contributed by atoms with van der Waals surface area (Å²) in [4.78, 5) is 30.1. The Morgan fingerprint density at radius 1 is 1.24 bits per heavy atom. The number of rotatable bonds is 3. The van der Waals surface area contributed by atoms with Gasteiger partial charge in [-0.25, -0.2) is 4.79 Å². The van der Waals surface area contributed by atoms with Gasteiger partial charge in [0.05, 0.1) is 23.4 Å². The fourth-order valence-electron chi connectivity index (χ4n) is 2.56. The number of aromatic nitrogens is 2. The van der Waals surface area contributed by atoms with Crippen molar-refractivity contribution in [3.63, 3.8) is 0 Å². The standard InChI is InChI=1S/C18H19N5O2/c1-22(2)18(25)21-11-14-10-13(6-8-20-14)17(24)23-9-7-12-4-3-5-15(19)16(12)23/h3-10H,11,19H2,1-2H3,(H,21,25). The Morgan fingerprint density at radius 2 is 2.04 bits per heavy atom. The molecule has 0 radical (unpaired) electrons. The summed E-state index contributed by atoms with van der Waals surface area (Å²) in [6.07, 6.45) is 3.26. The van der Waals surface area contributed by atoms with E-state index in [4.69, 9.17) is 5.73 Å². The van der Waals surface area contributed by atoms with Gasteiger partial charge < -0.3 is 16.0 Å². The lowest BCUT2D eigenvalue weighted by Gasteiger charge is -2.12. The smallest absolute Gasteiger partial charge is 0.317 e. The second kappa shape index (κ2) is 6.64. The number of pyridine rings is 1. The van der Waals surface area contributed by atoms with Crippen LogP contribution in [0.15, 0.2) is 48.8 Å². The molecule has 0 aliphatic carbocycles. The predicted molar refractivity (Wildman–Crippen MR) is 96.2 cm³/mol. The number of amides is 2. The molecule has 0 spiro atoms. The topological polar surface area (TPSA) is 93.2 Å². The van der Waals surface area contributed by atoms with Crippen LogP contribution in [-0.4, -0.2) is 40.5 Å². The van der Waals surface area contributed by atoms with Gasteiger partial charge in [-0.15, -0.1) is 0 Å². The number of carbonyl (C=O) groups excluding carboxylic acids is 2. The molecule has 0 unspecified atom stereocenters. The zero-order valence-electron chi connectivity index (χ0n) is 14.1. The molecule has 0 aliphatic rings. The second-order valence-electron chi connectivity index (χ2n) is 5.86. The van der Waals surface area contributed by atoms with E-state index in [0.717, 1.165) is 5.39 Å². The summed E-state index contributed by atoms with van der Waals surface area (Å²) >= 11 is 0. The lowest BCUT2D eigenvalue weighted by atomic mass is 10.2. The van der Waals surface area contributed by atoms with E-state index in [9.17, 15) is 9.59 Å². The van der Waals surface area contributed by atoms with Crippen molar-refractivity contribution in [3.8, 4) is 0 Å². The Labute approximate surface area is 145 Å². The van der Waals surface area contributed by atoms with Crippen molar-refractivity contribution in [2.75, 3.05) is 19.8 Å². The number of para-hydroxylation sites is 1. The van der Waals surface area contributed by atoms with E-state index in [0.29, 0.717) is 22.5 Å². The Kier molecular flexibility index (Phi) is 4.38. The quantitative estimate of drug-likeness (QED) is 0.716. The van der Waals surface area contributed by atoms with E-state index < -0.39 is 0 Å². The van der Waals surface area contributed by atoms with Gasteiger partial charge in [0, 0.05) is 37.4 Å². The number of urea groups is 1. The van der Waals surface area contributed by atoms with E-state index in [1.54, 1.807) is 44.7 Å². The van der Waals surface area contributed by atoms with Gasteiger partial charge in [0.2, 0.25) is 0 Å². The number of nitrogens with zero attached hydrogens (tertiary/aromatic N) is 3. The normalized spacial score (nSPS) is 10.6. The molecule has 1 aromatic carbocycles. The lowest BCUT2D eigenvalue weighted by molar-refractivity contribution is 0.0965. The number of nitrogens with one attached hydrogen (secondary N) is 1. The average molecular weight is 337 g/mol. The first-order chi connectivity index (χ1) is 12.0. The van der Waals surface area contributed by atoms with Crippen molar-refractivity contribution in [3.05, 3.63) is 60.0 Å². The molecule has 0 saturated heterocycles. The highest BCUT2D eigenvalue weighted by molar-refractivity contribution is 6.05. The van der Waals surface area contributed by atoms with Crippen LogP contribution in [0.1, 0.15) is 16.1 Å². The SMILES string of the molecule is CN(C)C(=O)NCc1cc(C(=O)n2ccc3cccc(N)c32)ccn1. The fourth-order valence-corrected chi connectivity index (χ4v) is 2.56. The highest BCUT2D eigenvalue weighted by Crippen LogP contribution is 2.23. The van der Waals surface area contributed by atoms with Crippen molar-refractivity contribution >= 4 is 28.5 Å². The Balaban J connectivity index is 1.87. The van der Waals surface area contributed by atoms with Crippen LogP contribution in [0.2, 0.25) is 0 Å². The van der Waals surface area contributed by atoms with Gasteiger partial charge in [0.1, 0.15) is 0 Å². The maximum absolute atomic E-state index is 12.9. The summed E-state index contributed by atoms with van der Waals surface area (Å²) in [5.41, 5.74) is 8.33. The molecule has 3 aromatic rings. The first kappa shape index (κ1) is 16.5. The number of hydrogen-bond donors (Lipinski definition) is 2. The number of carbonyl (C=O) groups is 2. The van der Waals surface area contributed by atoms with Crippen LogP contribution in [0.25, 0.3) is 10.9 Å².